The van der Waals surface area contributed by atoms with Crippen LogP contribution in [0.2, 0.25) is 5.02 Å². The van der Waals surface area contributed by atoms with E-state index in [1.807, 2.05) is 42.5 Å². The highest BCUT2D eigenvalue weighted by Crippen LogP contribution is 2.35. The maximum Gasteiger partial charge on any atom is 0.322 e. The Labute approximate surface area is 202 Å². The number of amides is 1. The number of ether oxygens (including phenoxy) is 2. The van der Waals surface area contributed by atoms with Crippen LogP contribution in [-0.4, -0.2) is 25.0 Å². The minimum absolute atomic E-state index is 0. The number of hydrogen-bond donors (Lipinski definition) is 2. The summed E-state index contributed by atoms with van der Waals surface area (Å²) in [5.74, 6) is 0.572. The fourth-order valence-electron chi connectivity index (χ4n) is 3.44. The van der Waals surface area contributed by atoms with E-state index in [4.69, 9.17) is 22.1 Å². The summed E-state index contributed by atoms with van der Waals surface area (Å²) < 4.78 is 10.5. The summed E-state index contributed by atoms with van der Waals surface area (Å²) in [6.45, 7) is 0. The van der Waals surface area contributed by atoms with Crippen molar-refractivity contribution in [2.24, 2.45) is 5.73 Å². The zero-order chi connectivity index (χ0) is 22.7. The quantitative estimate of drug-likeness (QED) is 0.375. The third kappa shape index (κ3) is 5.54. The van der Waals surface area contributed by atoms with Gasteiger partial charge in [0.25, 0.3) is 5.91 Å². The van der Waals surface area contributed by atoms with Crippen LogP contribution in [0, 0.1) is 0 Å². The lowest BCUT2D eigenvalue weighted by atomic mass is 10.0. The molecule has 0 aromatic heterocycles. The van der Waals surface area contributed by atoms with Crippen molar-refractivity contribution in [3.8, 4) is 11.5 Å². The predicted molar refractivity (Wildman–Crippen MR) is 132 cm³/mol. The van der Waals surface area contributed by atoms with Gasteiger partial charge in [0.2, 0.25) is 0 Å². The Morgan fingerprint density at radius 1 is 1.09 bits per heavy atom. The zero-order valence-corrected chi connectivity index (χ0v) is 19.3. The Morgan fingerprint density at radius 2 is 1.79 bits per heavy atom. The van der Waals surface area contributed by atoms with E-state index in [0.717, 1.165) is 16.8 Å². The molecule has 0 fully saturated rings. The highest BCUT2D eigenvalue weighted by molar-refractivity contribution is 6.37. The van der Waals surface area contributed by atoms with Crippen LogP contribution in [0.5, 0.6) is 11.5 Å². The summed E-state index contributed by atoms with van der Waals surface area (Å²) >= 11 is 6.46. The summed E-state index contributed by atoms with van der Waals surface area (Å²) in [5.41, 5.74) is 9.61. The summed E-state index contributed by atoms with van der Waals surface area (Å²) in [5, 5.41) is 3.31. The highest BCUT2D eigenvalue weighted by atomic mass is 35.5. The predicted octanol–water partition coefficient (Wildman–Crippen LogP) is 5.09. The third-order valence-corrected chi connectivity index (χ3v) is 5.43. The van der Waals surface area contributed by atoms with Crippen molar-refractivity contribution in [1.82, 2.24) is 0 Å². The molecule has 1 amide bonds. The van der Waals surface area contributed by atoms with E-state index in [-0.39, 0.29) is 18.3 Å². The Bertz CT molecular complexity index is 1210. The molecule has 1 aliphatic heterocycles. The van der Waals surface area contributed by atoms with E-state index in [2.05, 4.69) is 10.1 Å². The van der Waals surface area contributed by atoms with Crippen molar-refractivity contribution in [1.29, 1.82) is 0 Å². The van der Waals surface area contributed by atoms with Gasteiger partial charge in [-0.1, -0.05) is 41.9 Å². The number of anilines is 1. The van der Waals surface area contributed by atoms with Crippen molar-refractivity contribution in [3.05, 3.63) is 88.4 Å². The Kier molecular flexibility index (Phi) is 7.76. The van der Waals surface area contributed by atoms with E-state index in [1.165, 1.54) is 7.11 Å². The molecule has 1 atom stereocenters. The number of para-hydroxylation sites is 1. The van der Waals surface area contributed by atoms with Gasteiger partial charge in [-0.05, 0) is 60.0 Å². The molecule has 4 rings (SSSR count). The van der Waals surface area contributed by atoms with Crippen LogP contribution in [0.3, 0.4) is 0 Å². The van der Waals surface area contributed by atoms with E-state index >= 15 is 0 Å². The van der Waals surface area contributed by atoms with Crippen LogP contribution >= 0.6 is 24.0 Å². The van der Waals surface area contributed by atoms with Crippen molar-refractivity contribution < 1.29 is 19.1 Å². The van der Waals surface area contributed by atoms with E-state index in [0.29, 0.717) is 34.1 Å². The standard InChI is InChI=1S/C25H21ClN2O4.ClH/c1-31-25(30)22(27)12-15-6-9-17(10-7-15)32-18-11-8-16(21(26)14-18)13-20-19-4-2-3-5-23(19)28-24(20)29;/h2-11,13-14,22H,12,27H2,1H3,(H,28,29);1H/t22-;/m0./s1. The molecule has 0 radical (unpaired) electrons. The number of fused-ring (bicyclic) bond motifs is 1. The monoisotopic (exact) mass is 484 g/mol. The maximum atomic E-state index is 12.3. The lowest BCUT2D eigenvalue weighted by Crippen LogP contribution is -2.33. The molecule has 0 bridgehead atoms. The molecule has 0 saturated carbocycles. The number of benzene rings is 3. The molecule has 6 nitrogen and oxygen atoms in total. The van der Waals surface area contributed by atoms with Crippen LogP contribution in [0.15, 0.2) is 66.7 Å². The first-order valence-electron chi connectivity index (χ1n) is 9.97. The minimum atomic E-state index is -0.707. The normalized spacial score (nSPS) is 14.2. The molecule has 0 unspecified atom stereocenters. The first-order chi connectivity index (χ1) is 15.4. The number of esters is 1. The Balaban J connectivity index is 0.00000306. The molecule has 33 heavy (non-hydrogen) atoms. The van der Waals surface area contributed by atoms with Gasteiger partial charge in [-0.3, -0.25) is 9.59 Å². The van der Waals surface area contributed by atoms with Gasteiger partial charge in [0.05, 0.1) is 12.1 Å². The topological polar surface area (TPSA) is 90.7 Å². The van der Waals surface area contributed by atoms with Gasteiger partial charge >= 0.3 is 5.97 Å². The van der Waals surface area contributed by atoms with Crippen LogP contribution in [-0.2, 0) is 20.7 Å². The third-order valence-electron chi connectivity index (χ3n) is 5.10. The Morgan fingerprint density at radius 3 is 2.48 bits per heavy atom. The highest BCUT2D eigenvalue weighted by Gasteiger charge is 2.23. The van der Waals surface area contributed by atoms with E-state index < -0.39 is 12.0 Å². The lowest BCUT2D eigenvalue weighted by molar-refractivity contribution is -0.142. The van der Waals surface area contributed by atoms with Gasteiger partial charge in [0.15, 0.2) is 0 Å². The number of rotatable bonds is 6. The van der Waals surface area contributed by atoms with Gasteiger partial charge in [-0.25, -0.2) is 0 Å². The first-order valence-corrected chi connectivity index (χ1v) is 10.3. The molecule has 8 heteroatoms. The summed E-state index contributed by atoms with van der Waals surface area (Å²) in [7, 11) is 1.31. The molecule has 0 aliphatic carbocycles. The van der Waals surface area contributed by atoms with E-state index in [9.17, 15) is 9.59 Å². The average Bonchev–Trinajstić information content (AvgIpc) is 3.11. The number of nitrogens with one attached hydrogen (secondary N) is 1. The van der Waals surface area contributed by atoms with Gasteiger partial charge in [-0.2, -0.15) is 0 Å². The van der Waals surface area contributed by atoms with Crippen LogP contribution in [0.1, 0.15) is 16.7 Å². The number of carbonyl (C=O) groups is 2. The smallest absolute Gasteiger partial charge is 0.322 e. The second-order valence-corrected chi connectivity index (χ2v) is 7.73. The fourth-order valence-corrected chi connectivity index (χ4v) is 3.67. The number of methoxy groups -OCH3 is 1. The largest absolute Gasteiger partial charge is 0.468 e. The van der Waals surface area contributed by atoms with Crippen molar-refractivity contribution in [2.75, 3.05) is 12.4 Å². The Hall–Kier alpha value is -3.32. The van der Waals surface area contributed by atoms with Crippen molar-refractivity contribution >= 4 is 53.2 Å². The van der Waals surface area contributed by atoms with E-state index in [1.54, 1.807) is 30.3 Å². The van der Waals surface area contributed by atoms with Gasteiger partial charge in [0, 0.05) is 16.8 Å². The first kappa shape index (κ1) is 24.3. The van der Waals surface area contributed by atoms with Gasteiger partial charge in [-0.15, -0.1) is 12.4 Å². The second-order valence-electron chi connectivity index (χ2n) is 7.32. The number of halogens is 2. The summed E-state index contributed by atoms with van der Waals surface area (Å²) in [6.07, 6.45) is 2.14. The molecule has 170 valence electrons. The minimum Gasteiger partial charge on any atom is -0.468 e. The number of carbonyl (C=O) groups excluding carboxylic acids is 2. The SMILES string of the molecule is COC(=O)[C@@H](N)Cc1ccc(Oc2ccc(C=C3C(=O)Nc4ccccc43)c(Cl)c2)cc1.Cl. The summed E-state index contributed by atoms with van der Waals surface area (Å²) in [6, 6.07) is 19.4. The molecule has 0 spiro atoms. The number of hydrogen-bond acceptors (Lipinski definition) is 5. The molecule has 3 aromatic carbocycles. The second kappa shape index (κ2) is 10.5. The van der Waals surface area contributed by atoms with Crippen LogP contribution < -0.4 is 15.8 Å². The molecule has 0 saturated heterocycles. The summed E-state index contributed by atoms with van der Waals surface area (Å²) in [4.78, 5) is 23.8. The van der Waals surface area contributed by atoms with Crippen molar-refractivity contribution in [2.45, 2.75) is 12.5 Å². The van der Waals surface area contributed by atoms with Gasteiger partial charge in [0.1, 0.15) is 17.5 Å². The molecule has 1 aliphatic rings. The average molecular weight is 485 g/mol. The molecular weight excluding hydrogens is 463 g/mol. The van der Waals surface area contributed by atoms with Gasteiger partial charge < -0.3 is 20.5 Å². The molecular formula is C25H22Cl2N2O4. The van der Waals surface area contributed by atoms with Crippen LogP contribution in [0.4, 0.5) is 5.69 Å². The zero-order valence-electron chi connectivity index (χ0n) is 17.7. The molecule has 1 heterocycles. The van der Waals surface area contributed by atoms with Crippen LogP contribution in [0.25, 0.3) is 11.6 Å². The maximum absolute atomic E-state index is 12.3. The number of nitrogens with two attached hydrogens (primary N) is 1. The van der Waals surface area contributed by atoms with Crippen molar-refractivity contribution in [3.63, 3.8) is 0 Å². The lowest BCUT2D eigenvalue weighted by Gasteiger charge is -2.11. The molecule has 3 aromatic rings. The fraction of sp³-hybridized carbons (Fsp3) is 0.120. The molecule has 3 N–H and O–H groups in total.